The van der Waals surface area contributed by atoms with Crippen LogP contribution in [0, 0.1) is 12.1 Å². The van der Waals surface area contributed by atoms with Crippen LogP contribution in [-0.2, 0) is 0 Å². The minimum Gasteiger partial charge on any atom is -0.0776 e. The van der Waals surface area contributed by atoms with Crippen LogP contribution in [0.15, 0.2) is 170 Å². The molecular weight excluding hydrogens is 625 g/mol. The van der Waals surface area contributed by atoms with E-state index in [0.717, 1.165) is 0 Å². The summed E-state index contributed by atoms with van der Waals surface area (Å²) >= 11 is 0. The second-order valence-corrected chi connectivity index (χ2v) is 12.9. The van der Waals surface area contributed by atoms with Crippen LogP contribution in [0.25, 0.3) is 0 Å². The topological polar surface area (TPSA) is 0 Å². The van der Waals surface area contributed by atoms with E-state index in [1.54, 1.807) is 0 Å². The van der Waals surface area contributed by atoms with E-state index in [1.165, 1.54) is 31.8 Å². The predicted octanol–water partition coefficient (Wildman–Crippen LogP) is 6.99. The average molecular weight is 659 g/mol. The van der Waals surface area contributed by atoms with E-state index in [1.807, 2.05) is 24.3 Å². The second-order valence-electron chi connectivity index (χ2n) is 8.51. The Kier molecular flexibility index (Phi) is 13.3. The summed E-state index contributed by atoms with van der Waals surface area (Å²) in [4.78, 5) is 0. The van der Waals surface area contributed by atoms with Crippen LogP contribution in [0.1, 0.15) is 8.85 Å². The molecule has 196 valence electrons. The van der Waals surface area contributed by atoms with Crippen LogP contribution >= 0.6 is 15.8 Å². The molecule has 0 amide bonds. The first kappa shape index (κ1) is 31.5. The molecule has 6 aromatic rings. The zero-order chi connectivity index (χ0) is 25.8. The SMILES string of the molecule is C.[HH].[Sn].[c]1ccccc1P(c1ccccc1)c1ccccc1.[c]1ccccc1P(c1ccccc1)c1ccccc1. The second kappa shape index (κ2) is 16.9. The Morgan fingerprint density at radius 3 is 0.825 bits per heavy atom. The third-order valence-electron chi connectivity index (χ3n) is 5.92. The van der Waals surface area contributed by atoms with Gasteiger partial charge in [-0.15, -0.1) is 0 Å². The molecule has 0 saturated heterocycles. The molecule has 0 bridgehead atoms. The van der Waals surface area contributed by atoms with Crippen molar-refractivity contribution in [2.45, 2.75) is 7.43 Å². The molecule has 3 heteroatoms. The summed E-state index contributed by atoms with van der Waals surface area (Å²) in [5.74, 6) is 0. The van der Waals surface area contributed by atoms with Crippen LogP contribution in [0.4, 0.5) is 0 Å². The summed E-state index contributed by atoms with van der Waals surface area (Å²) in [6.07, 6.45) is 0. The van der Waals surface area contributed by atoms with Crippen LogP contribution < -0.4 is 31.8 Å². The van der Waals surface area contributed by atoms with E-state index in [0.29, 0.717) is 0 Å². The van der Waals surface area contributed by atoms with Crippen molar-refractivity contribution < 1.29 is 1.43 Å². The van der Waals surface area contributed by atoms with Gasteiger partial charge in [0, 0.05) is 25.3 Å². The Labute approximate surface area is 261 Å². The van der Waals surface area contributed by atoms with Crippen molar-refractivity contribution in [2.24, 2.45) is 0 Å². The molecule has 0 aliphatic carbocycles. The van der Waals surface area contributed by atoms with Crippen molar-refractivity contribution in [1.82, 2.24) is 0 Å². The van der Waals surface area contributed by atoms with Crippen LogP contribution in [-0.4, -0.2) is 23.9 Å². The smallest absolute Gasteiger partial charge is 0 e. The van der Waals surface area contributed by atoms with Gasteiger partial charge in [-0.2, -0.15) is 0 Å². The van der Waals surface area contributed by atoms with Crippen molar-refractivity contribution in [2.75, 3.05) is 0 Å². The maximum absolute atomic E-state index is 3.39. The Bertz CT molecular complexity index is 1180. The van der Waals surface area contributed by atoms with E-state index < -0.39 is 15.8 Å². The van der Waals surface area contributed by atoms with Gasteiger partial charge < -0.3 is 0 Å². The molecule has 0 heterocycles. The minimum absolute atomic E-state index is 0. The summed E-state index contributed by atoms with van der Waals surface area (Å²) in [7, 11) is -1.00. The molecule has 0 spiro atoms. The molecule has 0 fully saturated rings. The fourth-order valence-electron chi connectivity index (χ4n) is 4.21. The fraction of sp³-hybridized carbons (Fsp3) is 0.0270. The van der Waals surface area contributed by atoms with Gasteiger partial charge in [-0.25, -0.2) is 0 Å². The van der Waals surface area contributed by atoms with Gasteiger partial charge in [-0.1, -0.05) is 177 Å². The first-order valence-electron chi connectivity index (χ1n) is 12.6. The molecule has 0 nitrogen and oxygen atoms in total. The zero-order valence-corrected chi connectivity index (χ0v) is 26.2. The maximum atomic E-state index is 3.39. The number of hydrogen-bond acceptors (Lipinski definition) is 0. The van der Waals surface area contributed by atoms with Crippen LogP contribution in [0.2, 0.25) is 0 Å². The Morgan fingerprint density at radius 2 is 0.600 bits per heavy atom. The van der Waals surface area contributed by atoms with Gasteiger partial charge in [-0.3, -0.25) is 0 Å². The molecule has 6 rings (SSSR count). The summed E-state index contributed by atoms with van der Waals surface area (Å²) in [5.41, 5.74) is 0. The van der Waals surface area contributed by atoms with Crippen LogP contribution in [0.5, 0.6) is 0 Å². The monoisotopic (exact) mass is 660 g/mol. The number of rotatable bonds is 6. The van der Waals surface area contributed by atoms with Crippen molar-refractivity contribution in [3.05, 3.63) is 182 Å². The molecular formula is C37H34P2Sn. The molecule has 0 unspecified atom stereocenters. The van der Waals surface area contributed by atoms with Gasteiger partial charge in [0.1, 0.15) is 0 Å². The van der Waals surface area contributed by atoms with E-state index in [-0.39, 0.29) is 32.8 Å². The van der Waals surface area contributed by atoms with Gasteiger partial charge in [0.05, 0.1) is 0 Å². The van der Waals surface area contributed by atoms with E-state index >= 15 is 0 Å². The molecule has 6 aromatic carbocycles. The first-order valence-corrected chi connectivity index (χ1v) is 15.3. The molecule has 0 N–H and O–H groups in total. The number of hydrogen-bond donors (Lipinski definition) is 0. The Hall–Kier alpha value is -3.02. The first-order chi connectivity index (χ1) is 18.9. The largest absolute Gasteiger partial charge is 0.0776 e. The van der Waals surface area contributed by atoms with Gasteiger partial charge >= 0.3 is 0 Å². The van der Waals surface area contributed by atoms with Crippen molar-refractivity contribution >= 4 is 71.6 Å². The molecule has 0 atom stereocenters. The molecule has 0 aliphatic rings. The average Bonchev–Trinajstić information content (AvgIpc) is 3.01. The van der Waals surface area contributed by atoms with Crippen molar-refractivity contribution in [3.63, 3.8) is 0 Å². The van der Waals surface area contributed by atoms with E-state index in [4.69, 9.17) is 0 Å². The predicted molar refractivity (Wildman–Crippen MR) is 183 cm³/mol. The number of benzene rings is 6. The van der Waals surface area contributed by atoms with Crippen LogP contribution in [0.3, 0.4) is 0 Å². The third kappa shape index (κ3) is 8.49. The molecule has 0 saturated carbocycles. The van der Waals surface area contributed by atoms with Crippen molar-refractivity contribution in [1.29, 1.82) is 0 Å². The van der Waals surface area contributed by atoms with E-state index in [2.05, 4.69) is 158 Å². The molecule has 0 aromatic heterocycles. The summed E-state index contributed by atoms with van der Waals surface area (Å²) in [6, 6.07) is 66.1. The van der Waals surface area contributed by atoms with Gasteiger partial charge in [0.25, 0.3) is 0 Å². The van der Waals surface area contributed by atoms with E-state index in [9.17, 15) is 0 Å². The Morgan fingerprint density at radius 1 is 0.350 bits per heavy atom. The van der Waals surface area contributed by atoms with Crippen molar-refractivity contribution in [3.8, 4) is 0 Å². The third-order valence-corrected chi connectivity index (χ3v) is 10.7. The fourth-order valence-corrected chi connectivity index (χ4v) is 8.68. The maximum Gasteiger partial charge on any atom is 0 e. The summed E-state index contributed by atoms with van der Waals surface area (Å²) in [5, 5.41) is 8.01. The normalized spacial score (nSPS) is 10.1. The zero-order valence-electron chi connectivity index (χ0n) is 21.6. The summed E-state index contributed by atoms with van der Waals surface area (Å²) in [6.45, 7) is 0. The Balaban J connectivity index is 0.000000267. The van der Waals surface area contributed by atoms with Gasteiger partial charge in [0.15, 0.2) is 0 Å². The van der Waals surface area contributed by atoms with Gasteiger partial charge in [-0.05, 0) is 59.8 Å². The minimum atomic E-state index is -0.502. The van der Waals surface area contributed by atoms with Gasteiger partial charge in [0.2, 0.25) is 0 Å². The molecule has 6 radical (unpaired) electrons. The molecule has 0 aliphatic heterocycles. The quantitative estimate of drug-likeness (QED) is 0.134. The summed E-state index contributed by atoms with van der Waals surface area (Å²) < 4.78 is 0. The standard InChI is InChI=1S/2C18H14P.CH4.Sn.H2/c2*1-4-10-16(11-5-1)19(17-12-6-2-7-13-17)18-14-8-3-9-15-18;;;/h2*1-14H;1H4;;1H. The molecule has 40 heavy (non-hydrogen) atoms.